The molecule has 0 saturated carbocycles. The van der Waals surface area contributed by atoms with E-state index >= 15 is 0 Å². The van der Waals surface area contributed by atoms with Crippen molar-refractivity contribution in [1.82, 2.24) is 24.8 Å². The Morgan fingerprint density at radius 3 is 2.45 bits per heavy atom. The average molecular weight is 679 g/mol. The van der Waals surface area contributed by atoms with E-state index in [2.05, 4.69) is 14.8 Å². The van der Waals surface area contributed by atoms with Crippen molar-refractivity contribution in [3.8, 4) is 34.0 Å². The predicted octanol–water partition coefficient (Wildman–Crippen LogP) is 4.73. The monoisotopic (exact) mass is 677 g/mol. The van der Waals surface area contributed by atoms with Crippen molar-refractivity contribution in [2.75, 3.05) is 53.6 Å². The largest absolute Gasteiger partial charge is 0.496 e. The molecule has 0 bridgehead atoms. The van der Waals surface area contributed by atoms with Crippen LogP contribution in [0.25, 0.3) is 22.4 Å². The van der Waals surface area contributed by atoms with E-state index in [9.17, 15) is 15.0 Å². The lowest BCUT2D eigenvalue weighted by Crippen LogP contribution is -2.47. The Kier molecular flexibility index (Phi) is 10.4. The molecule has 4 heterocycles. The minimum atomic E-state index is -0.183. The molecule has 0 amide bonds. The van der Waals surface area contributed by atoms with Gasteiger partial charge in [0, 0.05) is 86.5 Å². The molecule has 1 fully saturated rings. The molecule has 0 atom stereocenters. The van der Waals surface area contributed by atoms with E-state index in [-0.39, 0.29) is 25.4 Å². The number of ketones is 1. The Morgan fingerprint density at radius 1 is 0.979 bits per heavy atom. The van der Waals surface area contributed by atoms with Crippen LogP contribution in [0, 0.1) is 5.92 Å². The lowest BCUT2D eigenvalue weighted by Gasteiger charge is -2.37. The van der Waals surface area contributed by atoms with Gasteiger partial charge < -0.3 is 19.7 Å². The number of rotatable bonds is 12. The van der Waals surface area contributed by atoms with Crippen molar-refractivity contribution in [1.29, 1.82) is 0 Å². The fraction of sp³-hybridized carbons (Fsp3) is 0.371. The number of pyridine rings is 1. The number of aliphatic hydroxyl groups excluding tert-OH is 2. The van der Waals surface area contributed by atoms with Crippen molar-refractivity contribution in [3.05, 3.63) is 86.9 Å². The summed E-state index contributed by atoms with van der Waals surface area (Å²) >= 11 is 14.0. The first-order valence-electron chi connectivity index (χ1n) is 15.6. The summed E-state index contributed by atoms with van der Waals surface area (Å²) in [7, 11) is 3.16. The number of methoxy groups -OCH3 is 2. The van der Waals surface area contributed by atoms with Gasteiger partial charge in [-0.3, -0.25) is 19.6 Å². The van der Waals surface area contributed by atoms with E-state index in [1.807, 2.05) is 36.4 Å². The highest BCUT2D eigenvalue weighted by Gasteiger charge is 2.28. The first kappa shape index (κ1) is 33.3. The van der Waals surface area contributed by atoms with Crippen LogP contribution in [0.2, 0.25) is 10.0 Å². The minimum Gasteiger partial charge on any atom is -0.496 e. The predicted molar refractivity (Wildman–Crippen MR) is 180 cm³/mol. The van der Waals surface area contributed by atoms with Gasteiger partial charge in [0.1, 0.15) is 17.1 Å². The molecule has 2 aliphatic heterocycles. The lowest BCUT2D eigenvalue weighted by molar-refractivity contribution is 0.0462. The van der Waals surface area contributed by atoms with Crippen molar-refractivity contribution in [2.24, 2.45) is 5.92 Å². The number of ether oxygens (including phenoxy) is 2. The number of carbonyl (C=O) groups is 1. The molecule has 12 heteroatoms. The maximum absolute atomic E-state index is 13.6. The van der Waals surface area contributed by atoms with Crippen molar-refractivity contribution in [2.45, 2.75) is 25.9 Å². The van der Waals surface area contributed by atoms with Gasteiger partial charge in [0.05, 0.1) is 48.5 Å². The summed E-state index contributed by atoms with van der Waals surface area (Å²) in [6, 6.07) is 12.9. The first-order chi connectivity index (χ1) is 22.8. The molecule has 6 rings (SSSR count). The smallest absolute Gasteiger partial charge is 0.237 e. The fourth-order valence-corrected chi connectivity index (χ4v) is 6.89. The Labute approximate surface area is 283 Å². The maximum Gasteiger partial charge on any atom is 0.237 e. The Hall–Kier alpha value is -3.64. The molecule has 0 unspecified atom stereocenters. The van der Waals surface area contributed by atoms with Crippen LogP contribution >= 0.6 is 23.2 Å². The van der Waals surface area contributed by atoms with Gasteiger partial charge >= 0.3 is 0 Å². The Morgan fingerprint density at radius 2 is 1.72 bits per heavy atom. The minimum absolute atomic E-state index is 0.0412. The number of nitrogens with zero attached hydrogens (tertiary/aromatic N) is 5. The van der Waals surface area contributed by atoms with Crippen LogP contribution in [0.4, 0.5) is 0 Å². The van der Waals surface area contributed by atoms with Gasteiger partial charge in [-0.05, 0) is 12.0 Å². The number of aliphatic hydroxyl groups is 2. The number of likely N-dealkylation sites (tertiary alicyclic amines) is 1. The summed E-state index contributed by atoms with van der Waals surface area (Å²) in [5.74, 6) is 1.18. The third-order valence-corrected chi connectivity index (χ3v) is 9.66. The van der Waals surface area contributed by atoms with Crippen LogP contribution in [0.15, 0.2) is 48.7 Å². The zero-order chi connectivity index (χ0) is 33.1. The summed E-state index contributed by atoms with van der Waals surface area (Å²) < 4.78 is 11.2. The first-order valence-corrected chi connectivity index (χ1v) is 16.3. The zero-order valence-electron chi connectivity index (χ0n) is 26.4. The normalized spacial score (nSPS) is 15.3. The second-order valence-corrected chi connectivity index (χ2v) is 12.6. The lowest BCUT2D eigenvalue weighted by atomic mass is 9.97. The van der Waals surface area contributed by atoms with Gasteiger partial charge in [0.15, 0.2) is 5.78 Å². The molecular formula is C35H37Cl2N5O5. The number of fused-ring (bicyclic) bond motifs is 1. The van der Waals surface area contributed by atoms with E-state index < -0.39 is 0 Å². The van der Waals surface area contributed by atoms with Crippen LogP contribution in [0.3, 0.4) is 0 Å². The number of β-amino-alcohol motifs (C(OH)–C–C–N with tert-alkyl or cyclic N) is 1. The van der Waals surface area contributed by atoms with Gasteiger partial charge in [0.2, 0.25) is 5.88 Å². The summed E-state index contributed by atoms with van der Waals surface area (Å²) in [6.45, 7) is 4.33. The number of hydrogen-bond acceptors (Lipinski definition) is 10. The van der Waals surface area contributed by atoms with Crippen LogP contribution in [-0.4, -0.2) is 94.4 Å². The molecule has 4 aromatic rings. The molecule has 0 spiro atoms. The zero-order valence-corrected chi connectivity index (χ0v) is 27.9. The van der Waals surface area contributed by atoms with E-state index in [1.165, 1.54) is 0 Å². The van der Waals surface area contributed by atoms with E-state index in [1.54, 1.807) is 26.5 Å². The van der Waals surface area contributed by atoms with Crippen molar-refractivity contribution < 1.29 is 24.5 Å². The third kappa shape index (κ3) is 6.99. The second kappa shape index (κ2) is 14.6. The van der Waals surface area contributed by atoms with Gasteiger partial charge in [-0.2, -0.15) is 0 Å². The number of halogens is 2. The van der Waals surface area contributed by atoms with Crippen molar-refractivity contribution in [3.63, 3.8) is 0 Å². The third-order valence-electron chi connectivity index (χ3n) is 8.81. The second-order valence-electron chi connectivity index (χ2n) is 11.9. The average Bonchev–Trinajstić information content (AvgIpc) is 3.07. The molecule has 2 aromatic heterocycles. The van der Waals surface area contributed by atoms with E-state index in [0.29, 0.717) is 86.6 Å². The molecule has 246 valence electrons. The molecule has 1 saturated heterocycles. The number of hydrogen-bond donors (Lipinski definition) is 2. The van der Waals surface area contributed by atoms with Gasteiger partial charge in [-0.1, -0.05) is 59.6 Å². The van der Waals surface area contributed by atoms with Gasteiger partial charge in [0.25, 0.3) is 0 Å². The molecule has 2 aromatic carbocycles. The SMILES string of the molecule is COc1cc(C(=O)Cc2cccc(-c3cccc(-c4cnc(CN5CC(CO)C5)c(OC)n4)c3Cl)c2Cl)nc2c1CCN(CCO)C2. The summed E-state index contributed by atoms with van der Waals surface area (Å²) in [5.41, 5.74) is 6.08. The van der Waals surface area contributed by atoms with Crippen LogP contribution < -0.4 is 9.47 Å². The summed E-state index contributed by atoms with van der Waals surface area (Å²) in [6.07, 6.45) is 2.46. The molecule has 2 N–H and O–H groups in total. The molecule has 47 heavy (non-hydrogen) atoms. The fourth-order valence-electron chi connectivity index (χ4n) is 6.27. The Bertz CT molecular complexity index is 1780. The van der Waals surface area contributed by atoms with E-state index in [4.69, 9.17) is 42.6 Å². The number of Topliss-reactive ketones (excluding diaryl/α,β-unsaturated/α-hetero) is 1. The topological polar surface area (TPSA) is 121 Å². The quantitative estimate of drug-likeness (QED) is 0.204. The Balaban J connectivity index is 1.25. The standard InChI is InChI=1S/C35H37Cl2N5O5/c1-46-32-14-27(39-29-18-41(11-12-43)10-9-25(29)32)31(45)13-22-5-3-6-23(33(22)36)24-7-4-8-26(34(24)37)28-15-38-30(35(40-28)47-2)19-42-16-21(17-42)20-44/h3-8,14-15,21,43-44H,9-13,16-20H2,1-2H3. The molecule has 0 aliphatic carbocycles. The molecule has 10 nitrogen and oxygen atoms in total. The van der Waals surface area contributed by atoms with Crippen LogP contribution in [0.5, 0.6) is 11.6 Å². The molecule has 2 aliphatic rings. The number of benzene rings is 2. The van der Waals surface area contributed by atoms with Gasteiger partial charge in [-0.15, -0.1) is 0 Å². The molecule has 0 radical (unpaired) electrons. The summed E-state index contributed by atoms with van der Waals surface area (Å²) in [4.78, 5) is 32.0. The van der Waals surface area contributed by atoms with E-state index in [0.717, 1.165) is 37.3 Å². The van der Waals surface area contributed by atoms with Crippen molar-refractivity contribution >= 4 is 29.0 Å². The number of aromatic nitrogens is 3. The molecular weight excluding hydrogens is 641 g/mol. The number of carbonyl (C=O) groups excluding carboxylic acids is 1. The highest BCUT2D eigenvalue weighted by molar-refractivity contribution is 6.38. The van der Waals surface area contributed by atoms with Crippen LogP contribution in [-0.2, 0) is 25.9 Å². The summed E-state index contributed by atoms with van der Waals surface area (Å²) in [5, 5.41) is 19.6. The van der Waals surface area contributed by atoms with Crippen LogP contribution in [0.1, 0.15) is 33.0 Å². The highest BCUT2D eigenvalue weighted by atomic mass is 35.5. The maximum atomic E-state index is 13.6. The van der Waals surface area contributed by atoms with Gasteiger partial charge in [-0.25, -0.2) is 9.97 Å². The highest BCUT2D eigenvalue weighted by Crippen LogP contribution is 2.40.